The maximum atomic E-state index is 12.2. The number of fused-ring (bicyclic) bond motifs is 1. The summed E-state index contributed by atoms with van der Waals surface area (Å²) in [6.45, 7) is 0. The molecule has 1 saturated carbocycles. The Balaban J connectivity index is 1.46. The molecule has 1 aliphatic rings. The molecule has 25 heavy (non-hydrogen) atoms. The molecule has 0 aliphatic heterocycles. The van der Waals surface area contributed by atoms with Gasteiger partial charge in [0.25, 0.3) is 0 Å². The molecule has 0 spiro atoms. The highest BCUT2D eigenvalue weighted by molar-refractivity contribution is 6.00. The summed E-state index contributed by atoms with van der Waals surface area (Å²) in [4.78, 5) is 12.2. The van der Waals surface area contributed by atoms with E-state index < -0.39 is 0 Å². The van der Waals surface area contributed by atoms with Gasteiger partial charge in [-0.1, -0.05) is 62.1 Å². The Labute approximate surface area is 147 Å². The van der Waals surface area contributed by atoms with Crippen LogP contribution >= 0.6 is 0 Å². The Morgan fingerprint density at radius 1 is 1.08 bits per heavy atom. The minimum atomic E-state index is 0.0624. The molecule has 1 heterocycles. The second kappa shape index (κ2) is 7.09. The van der Waals surface area contributed by atoms with Crippen molar-refractivity contribution in [1.29, 1.82) is 0 Å². The SMILES string of the molecule is O=C(CCC1CCCC1)Nc1n[nH]c2cc(-c3ccccc3)ccc12. The molecule has 4 rings (SSSR count). The molecule has 4 heteroatoms. The Morgan fingerprint density at radius 3 is 2.68 bits per heavy atom. The number of benzene rings is 2. The van der Waals surface area contributed by atoms with Crippen LogP contribution < -0.4 is 5.32 Å². The van der Waals surface area contributed by atoms with Gasteiger partial charge in [-0.25, -0.2) is 0 Å². The molecule has 1 fully saturated rings. The first-order valence-electron chi connectivity index (χ1n) is 9.13. The number of amides is 1. The molecule has 128 valence electrons. The van der Waals surface area contributed by atoms with Crippen LogP contribution in [-0.4, -0.2) is 16.1 Å². The van der Waals surface area contributed by atoms with E-state index in [0.29, 0.717) is 12.2 Å². The lowest BCUT2D eigenvalue weighted by Gasteiger charge is -2.08. The third-order valence-corrected chi connectivity index (χ3v) is 5.18. The van der Waals surface area contributed by atoms with Gasteiger partial charge < -0.3 is 5.32 Å². The smallest absolute Gasteiger partial charge is 0.225 e. The van der Waals surface area contributed by atoms with Crippen molar-refractivity contribution in [3.05, 3.63) is 48.5 Å². The third-order valence-electron chi connectivity index (χ3n) is 5.18. The first kappa shape index (κ1) is 15.9. The predicted octanol–water partition coefficient (Wildman–Crippen LogP) is 5.14. The van der Waals surface area contributed by atoms with Gasteiger partial charge in [0, 0.05) is 11.8 Å². The van der Waals surface area contributed by atoms with Gasteiger partial charge in [0.1, 0.15) is 0 Å². The fourth-order valence-corrected chi connectivity index (χ4v) is 3.75. The lowest BCUT2D eigenvalue weighted by atomic mass is 10.0. The van der Waals surface area contributed by atoms with E-state index in [0.717, 1.165) is 28.8 Å². The third kappa shape index (κ3) is 3.58. The average molecular weight is 333 g/mol. The second-order valence-corrected chi connectivity index (χ2v) is 6.94. The first-order chi connectivity index (χ1) is 12.3. The van der Waals surface area contributed by atoms with E-state index in [2.05, 4.69) is 39.8 Å². The number of nitrogens with zero attached hydrogens (tertiary/aromatic N) is 1. The highest BCUT2D eigenvalue weighted by atomic mass is 16.1. The van der Waals surface area contributed by atoms with Gasteiger partial charge in [-0.05, 0) is 35.6 Å². The molecule has 0 unspecified atom stereocenters. The Bertz CT molecular complexity index is 863. The zero-order valence-corrected chi connectivity index (χ0v) is 14.3. The van der Waals surface area contributed by atoms with Gasteiger partial charge in [-0.3, -0.25) is 9.89 Å². The van der Waals surface area contributed by atoms with Crippen LogP contribution in [0.25, 0.3) is 22.0 Å². The number of hydrogen-bond donors (Lipinski definition) is 2. The minimum absolute atomic E-state index is 0.0624. The largest absolute Gasteiger partial charge is 0.309 e. The van der Waals surface area contributed by atoms with Crippen LogP contribution in [0.15, 0.2) is 48.5 Å². The van der Waals surface area contributed by atoms with Crippen molar-refractivity contribution in [1.82, 2.24) is 10.2 Å². The van der Waals surface area contributed by atoms with Gasteiger partial charge in [-0.15, -0.1) is 0 Å². The van der Waals surface area contributed by atoms with Crippen molar-refractivity contribution in [3.8, 4) is 11.1 Å². The van der Waals surface area contributed by atoms with E-state index in [4.69, 9.17) is 0 Å². The summed E-state index contributed by atoms with van der Waals surface area (Å²) in [7, 11) is 0. The summed E-state index contributed by atoms with van der Waals surface area (Å²) in [6.07, 6.45) is 6.77. The van der Waals surface area contributed by atoms with Gasteiger partial charge in [-0.2, -0.15) is 5.10 Å². The molecule has 0 bridgehead atoms. The summed E-state index contributed by atoms with van der Waals surface area (Å²) in [5.41, 5.74) is 3.24. The van der Waals surface area contributed by atoms with Gasteiger partial charge in [0.2, 0.25) is 5.91 Å². The van der Waals surface area contributed by atoms with Gasteiger partial charge in [0.15, 0.2) is 5.82 Å². The normalized spacial score (nSPS) is 14.9. The van der Waals surface area contributed by atoms with Crippen LogP contribution in [0, 0.1) is 5.92 Å². The van der Waals surface area contributed by atoms with Crippen LogP contribution in [0.1, 0.15) is 38.5 Å². The highest BCUT2D eigenvalue weighted by Crippen LogP contribution is 2.29. The Hall–Kier alpha value is -2.62. The second-order valence-electron chi connectivity index (χ2n) is 6.94. The van der Waals surface area contributed by atoms with Crippen LogP contribution in [0.5, 0.6) is 0 Å². The van der Waals surface area contributed by atoms with Crippen molar-refractivity contribution in [2.24, 2.45) is 5.92 Å². The maximum absolute atomic E-state index is 12.2. The quantitative estimate of drug-likeness (QED) is 0.679. The minimum Gasteiger partial charge on any atom is -0.309 e. The van der Waals surface area contributed by atoms with Gasteiger partial charge >= 0.3 is 0 Å². The number of aromatic nitrogens is 2. The fraction of sp³-hybridized carbons (Fsp3) is 0.333. The number of nitrogens with one attached hydrogen (secondary N) is 2. The molecular weight excluding hydrogens is 310 g/mol. The van der Waals surface area contributed by atoms with E-state index >= 15 is 0 Å². The van der Waals surface area contributed by atoms with E-state index in [9.17, 15) is 4.79 Å². The summed E-state index contributed by atoms with van der Waals surface area (Å²) in [5, 5.41) is 11.2. The zero-order chi connectivity index (χ0) is 17.1. The van der Waals surface area contributed by atoms with E-state index in [-0.39, 0.29) is 5.91 Å². The van der Waals surface area contributed by atoms with Crippen molar-refractivity contribution < 1.29 is 4.79 Å². The van der Waals surface area contributed by atoms with Crippen LogP contribution in [0.3, 0.4) is 0 Å². The topological polar surface area (TPSA) is 57.8 Å². The highest BCUT2D eigenvalue weighted by Gasteiger charge is 2.17. The van der Waals surface area contributed by atoms with Crippen LogP contribution in [0.4, 0.5) is 5.82 Å². The number of rotatable bonds is 5. The molecule has 3 aromatic rings. The summed E-state index contributed by atoms with van der Waals surface area (Å²) in [6, 6.07) is 16.4. The van der Waals surface area contributed by atoms with Crippen molar-refractivity contribution in [2.45, 2.75) is 38.5 Å². The van der Waals surface area contributed by atoms with Crippen LogP contribution in [-0.2, 0) is 4.79 Å². The molecule has 0 atom stereocenters. The fourth-order valence-electron chi connectivity index (χ4n) is 3.75. The van der Waals surface area contributed by atoms with Crippen LogP contribution in [0.2, 0.25) is 0 Å². The number of carbonyl (C=O) groups is 1. The number of carbonyl (C=O) groups excluding carboxylic acids is 1. The zero-order valence-electron chi connectivity index (χ0n) is 14.3. The van der Waals surface area contributed by atoms with E-state index in [1.165, 1.54) is 31.2 Å². The molecule has 0 saturated heterocycles. The lowest BCUT2D eigenvalue weighted by Crippen LogP contribution is -2.13. The van der Waals surface area contributed by atoms with Gasteiger partial charge in [0.05, 0.1) is 5.52 Å². The molecule has 1 aromatic heterocycles. The molecule has 2 aromatic carbocycles. The number of H-pyrrole nitrogens is 1. The molecule has 0 radical (unpaired) electrons. The molecule has 4 nitrogen and oxygen atoms in total. The summed E-state index contributed by atoms with van der Waals surface area (Å²) < 4.78 is 0. The number of hydrogen-bond acceptors (Lipinski definition) is 2. The standard InChI is InChI=1S/C21H23N3O/c25-20(13-10-15-6-4-5-7-15)22-21-18-12-11-17(14-19(18)23-24-21)16-8-2-1-3-9-16/h1-3,8-9,11-12,14-15H,4-7,10,13H2,(H2,22,23,24,25). The predicted molar refractivity (Wildman–Crippen MR) is 101 cm³/mol. The van der Waals surface area contributed by atoms with E-state index in [1.807, 2.05) is 24.3 Å². The van der Waals surface area contributed by atoms with Crippen molar-refractivity contribution in [3.63, 3.8) is 0 Å². The van der Waals surface area contributed by atoms with E-state index in [1.54, 1.807) is 0 Å². The maximum Gasteiger partial charge on any atom is 0.225 e. The number of anilines is 1. The molecule has 1 amide bonds. The Kier molecular flexibility index (Phi) is 4.51. The molecule has 2 N–H and O–H groups in total. The van der Waals surface area contributed by atoms with Crippen molar-refractivity contribution in [2.75, 3.05) is 5.32 Å². The number of aromatic amines is 1. The molecular formula is C21H23N3O. The average Bonchev–Trinajstić information content (AvgIpc) is 3.30. The lowest BCUT2D eigenvalue weighted by molar-refractivity contribution is -0.116. The summed E-state index contributed by atoms with van der Waals surface area (Å²) in [5.74, 6) is 1.42. The first-order valence-corrected chi connectivity index (χ1v) is 9.13. The monoisotopic (exact) mass is 333 g/mol. The summed E-state index contributed by atoms with van der Waals surface area (Å²) >= 11 is 0. The molecule has 1 aliphatic carbocycles. The Morgan fingerprint density at radius 2 is 1.88 bits per heavy atom. The van der Waals surface area contributed by atoms with Crippen molar-refractivity contribution >= 4 is 22.6 Å².